The molecule has 1 saturated heterocycles. The Morgan fingerprint density at radius 2 is 1.86 bits per heavy atom. The largest absolute Gasteiger partial charge is 0.593 e. The first-order chi connectivity index (χ1) is 16.9. The SMILES string of the molecule is CCCn1cc([S+]([O-])N2CCC(CO)(c3cc4cnn(-c5ccc(F)cc5)c4cc3C)CC2)cn1. The van der Waals surface area contributed by atoms with Gasteiger partial charge in [0.25, 0.3) is 0 Å². The van der Waals surface area contributed by atoms with Crippen LogP contribution in [0.15, 0.2) is 59.9 Å². The van der Waals surface area contributed by atoms with Crippen molar-refractivity contribution in [2.75, 3.05) is 19.7 Å². The minimum Gasteiger partial charge on any atom is -0.593 e. The Morgan fingerprint density at radius 3 is 2.54 bits per heavy atom. The number of aromatic nitrogens is 4. The van der Waals surface area contributed by atoms with E-state index in [1.54, 1.807) is 18.3 Å². The standard InChI is InChI=1S/C26H30FN5O2S/c1-3-10-30-17-23(16-28-30)35(34)31-11-8-26(18-33,9-12-31)24-14-20-15-29-32(25(20)13-19(24)2)22-6-4-21(27)5-7-22/h4-7,13-17,33H,3,8-12,18H2,1-2H3. The molecule has 5 rings (SSSR count). The second-order valence-corrected chi connectivity index (χ2v) is 10.8. The number of aliphatic hydroxyl groups is 1. The summed E-state index contributed by atoms with van der Waals surface area (Å²) in [5, 5.41) is 20.4. The van der Waals surface area contributed by atoms with Crippen LogP contribution in [-0.2, 0) is 23.3 Å². The molecule has 184 valence electrons. The molecule has 2 aromatic heterocycles. The van der Waals surface area contributed by atoms with Gasteiger partial charge in [-0.1, -0.05) is 6.92 Å². The molecule has 2 aromatic carbocycles. The summed E-state index contributed by atoms with van der Waals surface area (Å²) in [6.45, 7) is 6.23. The average molecular weight is 496 g/mol. The van der Waals surface area contributed by atoms with Crippen LogP contribution in [0.25, 0.3) is 16.6 Å². The Morgan fingerprint density at radius 1 is 1.11 bits per heavy atom. The van der Waals surface area contributed by atoms with Crippen LogP contribution in [0.4, 0.5) is 4.39 Å². The molecule has 1 aliphatic heterocycles. The lowest BCUT2D eigenvalue weighted by Crippen LogP contribution is -2.47. The predicted octanol–water partition coefficient (Wildman–Crippen LogP) is 4.13. The van der Waals surface area contributed by atoms with Crippen LogP contribution >= 0.6 is 0 Å². The Balaban J connectivity index is 1.38. The van der Waals surface area contributed by atoms with Gasteiger partial charge in [0.1, 0.15) is 12.0 Å². The number of hydrogen-bond donors (Lipinski definition) is 1. The summed E-state index contributed by atoms with van der Waals surface area (Å²) in [5.41, 5.74) is 3.51. The average Bonchev–Trinajstić information content (AvgIpc) is 3.51. The van der Waals surface area contributed by atoms with Crippen molar-refractivity contribution in [3.63, 3.8) is 0 Å². The molecule has 1 atom stereocenters. The molecule has 4 aromatic rings. The Labute approximate surface area is 207 Å². The van der Waals surface area contributed by atoms with Gasteiger partial charge in [-0.25, -0.2) is 9.07 Å². The fourth-order valence-electron chi connectivity index (χ4n) is 5.07. The van der Waals surface area contributed by atoms with E-state index in [4.69, 9.17) is 0 Å². The van der Waals surface area contributed by atoms with E-state index < -0.39 is 16.8 Å². The van der Waals surface area contributed by atoms with Crippen LogP contribution in [0.5, 0.6) is 0 Å². The molecule has 1 N–H and O–H groups in total. The number of fused-ring (bicyclic) bond motifs is 1. The van der Waals surface area contributed by atoms with E-state index in [0.29, 0.717) is 25.9 Å². The van der Waals surface area contributed by atoms with E-state index in [-0.39, 0.29) is 12.4 Å². The maximum atomic E-state index is 13.4. The zero-order valence-corrected chi connectivity index (χ0v) is 20.8. The summed E-state index contributed by atoms with van der Waals surface area (Å²) in [5.74, 6) is -0.282. The number of hydrogen-bond acceptors (Lipinski definition) is 5. The molecule has 0 radical (unpaired) electrons. The lowest BCUT2D eigenvalue weighted by molar-refractivity contribution is 0.133. The molecule has 3 heterocycles. The molecule has 1 aliphatic rings. The normalized spacial score (nSPS) is 17.2. The molecule has 0 saturated carbocycles. The van der Waals surface area contributed by atoms with Crippen molar-refractivity contribution in [3.05, 3.63) is 71.9 Å². The van der Waals surface area contributed by atoms with Crippen molar-refractivity contribution < 1.29 is 14.0 Å². The number of aliphatic hydroxyl groups excluding tert-OH is 1. The van der Waals surface area contributed by atoms with Crippen molar-refractivity contribution >= 4 is 22.3 Å². The first-order valence-corrected chi connectivity index (χ1v) is 13.1. The highest BCUT2D eigenvalue weighted by Crippen LogP contribution is 2.40. The number of benzene rings is 2. The molecule has 0 bridgehead atoms. The monoisotopic (exact) mass is 495 g/mol. The van der Waals surface area contributed by atoms with Gasteiger partial charge in [-0.3, -0.25) is 4.68 Å². The molecule has 7 nitrogen and oxygen atoms in total. The molecule has 1 unspecified atom stereocenters. The van der Waals surface area contributed by atoms with Crippen LogP contribution in [0, 0.1) is 12.7 Å². The highest BCUT2D eigenvalue weighted by molar-refractivity contribution is 7.89. The third-order valence-electron chi connectivity index (χ3n) is 7.04. The van der Waals surface area contributed by atoms with E-state index in [0.717, 1.165) is 45.6 Å². The summed E-state index contributed by atoms with van der Waals surface area (Å²) >= 11 is -1.26. The quantitative estimate of drug-likeness (QED) is 0.390. The fraction of sp³-hybridized carbons (Fsp3) is 0.385. The molecule has 0 spiro atoms. The molecule has 1 fully saturated rings. The van der Waals surface area contributed by atoms with E-state index in [2.05, 4.69) is 36.2 Å². The van der Waals surface area contributed by atoms with Crippen molar-refractivity contribution in [1.82, 2.24) is 23.9 Å². The van der Waals surface area contributed by atoms with Gasteiger partial charge >= 0.3 is 0 Å². The second kappa shape index (κ2) is 9.73. The first kappa shape index (κ1) is 24.0. The maximum absolute atomic E-state index is 13.4. The van der Waals surface area contributed by atoms with Crippen LogP contribution < -0.4 is 0 Å². The Hall–Kier alpha value is -2.72. The minimum absolute atomic E-state index is 0.0281. The lowest BCUT2D eigenvalue weighted by atomic mass is 9.72. The highest BCUT2D eigenvalue weighted by Gasteiger charge is 2.40. The number of nitrogens with zero attached hydrogens (tertiary/aromatic N) is 5. The van der Waals surface area contributed by atoms with Crippen molar-refractivity contribution in [3.8, 4) is 5.69 Å². The maximum Gasteiger partial charge on any atom is 0.211 e. The molecule has 0 amide bonds. The van der Waals surface area contributed by atoms with Gasteiger partial charge in [0.15, 0.2) is 0 Å². The predicted molar refractivity (Wildman–Crippen MR) is 134 cm³/mol. The highest BCUT2D eigenvalue weighted by atomic mass is 32.2. The zero-order chi connectivity index (χ0) is 24.6. The molecule has 0 aliphatic carbocycles. The summed E-state index contributed by atoms with van der Waals surface area (Å²) < 4.78 is 32.1. The summed E-state index contributed by atoms with van der Waals surface area (Å²) in [6, 6.07) is 10.5. The van der Waals surface area contributed by atoms with E-state index >= 15 is 0 Å². The Bertz CT molecular complexity index is 1310. The third kappa shape index (κ3) is 4.49. The smallest absolute Gasteiger partial charge is 0.211 e. The first-order valence-electron chi connectivity index (χ1n) is 12.0. The van der Waals surface area contributed by atoms with Crippen LogP contribution in [0.2, 0.25) is 0 Å². The van der Waals surface area contributed by atoms with E-state index in [1.165, 1.54) is 12.1 Å². The number of aryl methyl sites for hydroxylation is 2. The molecule has 9 heteroatoms. The Kier molecular flexibility index (Phi) is 6.67. The van der Waals surface area contributed by atoms with Crippen molar-refractivity contribution in [2.45, 2.75) is 50.0 Å². The van der Waals surface area contributed by atoms with Crippen LogP contribution in [-0.4, -0.2) is 53.2 Å². The van der Waals surface area contributed by atoms with Crippen molar-refractivity contribution in [2.24, 2.45) is 0 Å². The lowest BCUT2D eigenvalue weighted by Gasteiger charge is -2.41. The van der Waals surface area contributed by atoms with Gasteiger partial charge in [0.2, 0.25) is 4.90 Å². The van der Waals surface area contributed by atoms with Crippen molar-refractivity contribution in [1.29, 1.82) is 0 Å². The van der Waals surface area contributed by atoms with Gasteiger partial charge in [-0.15, -0.1) is 4.31 Å². The van der Waals surface area contributed by atoms with Gasteiger partial charge in [0.05, 0.1) is 41.6 Å². The second-order valence-electron chi connectivity index (χ2n) is 9.31. The molecular weight excluding hydrogens is 465 g/mol. The topological polar surface area (TPSA) is 82.2 Å². The number of halogens is 1. The zero-order valence-electron chi connectivity index (χ0n) is 20.0. The van der Waals surface area contributed by atoms with Gasteiger partial charge in [-0.2, -0.15) is 10.2 Å². The summed E-state index contributed by atoms with van der Waals surface area (Å²) in [7, 11) is 0. The summed E-state index contributed by atoms with van der Waals surface area (Å²) in [6.07, 6.45) is 7.75. The van der Waals surface area contributed by atoms with Crippen LogP contribution in [0.1, 0.15) is 37.3 Å². The van der Waals surface area contributed by atoms with E-state index in [9.17, 15) is 14.0 Å². The van der Waals surface area contributed by atoms with Gasteiger partial charge in [-0.05, 0) is 73.7 Å². The number of rotatable bonds is 7. The molecule has 35 heavy (non-hydrogen) atoms. The minimum atomic E-state index is -1.26. The number of piperidine rings is 1. The van der Waals surface area contributed by atoms with Gasteiger partial charge < -0.3 is 9.66 Å². The molecular formula is C26H30FN5O2S. The summed E-state index contributed by atoms with van der Waals surface area (Å²) in [4.78, 5) is 0.723. The fourth-order valence-corrected chi connectivity index (χ4v) is 6.23. The van der Waals surface area contributed by atoms with Gasteiger partial charge in [0, 0.05) is 30.4 Å². The van der Waals surface area contributed by atoms with E-state index in [1.807, 2.05) is 26.1 Å². The third-order valence-corrected chi connectivity index (χ3v) is 8.49. The van der Waals surface area contributed by atoms with Crippen LogP contribution in [0.3, 0.4) is 0 Å².